The number of hydrogen-bond acceptors (Lipinski definition) is 4. The van der Waals surface area contributed by atoms with E-state index in [0.29, 0.717) is 5.75 Å². The van der Waals surface area contributed by atoms with E-state index in [1.165, 1.54) is 18.9 Å². The van der Waals surface area contributed by atoms with Crippen molar-refractivity contribution in [3.63, 3.8) is 0 Å². The maximum atomic E-state index is 11.3. The number of carboxylic acid groups (broad SMARTS) is 2. The van der Waals surface area contributed by atoms with E-state index in [0.717, 1.165) is 10.5 Å². The Bertz CT molecular complexity index is 507. The molecule has 19 heavy (non-hydrogen) atoms. The second kappa shape index (κ2) is 5.40. The lowest BCUT2D eigenvalue weighted by Gasteiger charge is -2.24. The molecule has 1 aromatic carbocycles. The zero-order valence-corrected chi connectivity index (χ0v) is 11.0. The van der Waals surface area contributed by atoms with E-state index in [1.807, 2.05) is 0 Å². The molecule has 1 aliphatic rings. The minimum absolute atomic E-state index is 0.240. The Morgan fingerprint density at radius 2 is 2.16 bits per heavy atom. The van der Waals surface area contributed by atoms with E-state index >= 15 is 0 Å². The van der Waals surface area contributed by atoms with E-state index in [1.54, 1.807) is 24.3 Å². The predicted octanol–water partition coefficient (Wildman–Crippen LogP) is 1.87. The second-order valence-electron chi connectivity index (χ2n) is 4.01. The van der Waals surface area contributed by atoms with Crippen molar-refractivity contribution in [2.45, 2.75) is 11.4 Å². The zero-order valence-electron chi connectivity index (χ0n) is 10.1. The summed E-state index contributed by atoms with van der Waals surface area (Å²) in [5, 5.41) is 17.7. The van der Waals surface area contributed by atoms with Crippen LogP contribution in [0, 0.1) is 0 Å². The molecule has 2 atom stereocenters. The van der Waals surface area contributed by atoms with Crippen molar-refractivity contribution in [2.24, 2.45) is 0 Å². The fraction of sp³-hybridized carbons (Fsp3) is 0.333. The Morgan fingerprint density at radius 3 is 2.74 bits per heavy atom. The van der Waals surface area contributed by atoms with Gasteiger partial charge in [0.05, 0.1) is 7.11 Å². The standard InChI is InChI=1S/C12H13NO5S/c1-18-8-4-2-3-7(5-8)10-13(12(16)17)9(6-19-10)11(14)15/h2-5,9-10H,6H2,1H3,(H,14,15)(H,16,17)/t9?,10-/m1/s1. The molecule has 2 rings (SSSR count). The summed E-state index contributed by atoms with van der Waals surface area (Å²) < 4.78 is 5.09. The maximum absolute atomic E-state index is 11.3. The van der Waals surface area contributed by atoms with Crippen molar-refractivity contribution in [3.8, 4) is 5.75 Å². The van der Waals surface area contributed by atoms with Gasteiger partial charge in [-0.05, 0) is 17.7 Å². The number of benzene rings is 1. The van der Waals surface area contributed by atoms with Gasteiger partial charge in [-0.25, -0.2) is 9.59 Å². The Kier molecular flexibility index (Phi) is 3.84. The van der Waals surface area contributed by atoms with Gasteiger partial charge in [-0.2, -0.15) is 0 Å². The van der Waals surface area contributed by atoms with Gasteiger partial charge >= 0.3 is 12.1 Å². The number of hydrogen-bond donors (Lipinski definition) is 2. The highest BCUT2D eigenvalue weighted by Gasteiger charge is 2.42. The fourth-order valence-electron chi connectivity index (χ4n) is 1.98. The predicted molar refractivity (Wildman–Crippen MR) is 69.5 cm³/mol. The van der Waals surface area contributed by atoms with Crippen molar-refractivity contribution in [2.75, 3.05) is 12.9 Å². The SMILES string of the molecule is COc1cccc([C@H]2SCC(C(=O)O)N2C(=O)O)c1. The molecule has 1 fully saturated rings. The number of thioether (sulfide) groups is 1. The van der Waals surface area contributed by atoms with Crippen molar-refractivity contribution < 1.29 is 24.5 Å². The van der Waals surface area contributed by atoms with Crippen molar-refractivity contribution in [3.05, 3.63) is 29.8 Å². The smallest absolute Gasteiger partial charge is 0.409 e. The number of methoxy groups -OCH3 is 1. The number of amides is 1. The molecule has 6 nitrogen and oxygen atoms in total. The first-order valence-electron chi connectivity index (χ1n) is 5.54. The number of carboxylic acids is 1. The van der Waals surface area contributed by atoms with Gasteiger partial charge in [0.15, 0.2) is 0 Å². The molecule has 0 saturated carbocycles. The van der Waals surface area contributed by atoms with E-state index in [9.17, 15) is 14.7 Å². The van der Waals surface area contributed by atoms with Crippen LogP contribution in [0.4, 0.5) is 4.79 Å². The first kappa shape index (κ1) is 13.5. The van der Waals surface area contributed by atoms with E-state index in [4.69, 9.17) is 9.84 Å². The number of aliphatic carboxylic acids is 1. The van der Waals surface area contributed by atoms with Gasteiger partial charge in [-0.1, -0.05) is 12.1 Å². The number of carbonyl (C=O) groups is 2. The van der Waals surface area contributed by atoms with Gasteiger partial charge in [0.1, 0.15) is 17.2 Å². The summed E-state index contributed by atoms with van der Waals surface area (Å²) in [4.78, 5) is 23.3. The highest BCUT2D eigenvalue weighted by atomic mass is 32.2. The van der Waals surface area contributed by atoms with Gasteiger partial charge in [0.2, 0.25) is 0 Å². The quantitative estimate of drug-likeness (QED) is 0.880. The summed E-state index contributed by atoms with van der Waals surface area (Å²) >= 11 is 1.30. The van der Waals surface area contributed by atoms with Gasteiger partial charge in [0, 0.05) is 5.75 Å². The van der Waals surface area contributed by atoms with Gasteiger partial charge in [0.25, 0.3) is 0 Å². The normalized spacial score (nSPS) is 22.3. The monoisotopic (exact) mass is 283 g/mol. The molecule has 0 aromatic heterocycles. The number of ether oxygens (including phenoxy) is 1. The molecule has 1 heterocycles. The van der Waals surface area contributed by atoms with E-state index < -0.39 is 23.5 Å². The molecule has 0 spiro atoms. The lowest BCUT2D eigenvalue weighted by Crippen LogP contribution is -2.42. The van der Waals surface area contributed by atoms with Crippen LogP contribution in [0.3, 0.4) is 0 Å². The highest BCUT2D eigenvalue weighted by molar-refractivity contribution is 7.99. The van der Waals surface area contributed by atoms with Crippen LogP contribution in [0.1, 0.15) is 10.9 Å². The molecule has 102 valence electrons. The summed E-state index contributed by atoms with van der Waals surface area (Å²) in [7, 11) is 1.52. The lowest BCUT2D eigenvalue weighted by atomic mass is 10.2. The molecule has 0 aliphatic carbocycles. The van der Waals surface area contributed by atoms with Crippen molar-refractivity contribution in [1.29, 1.82) is 0 Å². The molecular weight excluding hydrogens is 270 g/mol. The topological polar surface area (TPSA) is 87.1 Å². The molecule has 1 amide bonds. The number of rotatable bonds is 3. The van der Waals surface area contributed by atoms with Crippen molar-refractivity contribution >= 4 is 23.8 Å². The Labute approximate surface area is 114 Å². The molecule has 0 bridgehead atoms. The van der Waals surface area contributed by atoms with Crippen LogP contribution >= 0.6 is 11.8 Å². The summed E-state index contributed by atoms with van der Waals surface area (Å²) in [6.07, 6.45) is -1.23. The van der Waals surface area contributed by atoms with Crippen LogP contribution in [0.2, 0.25) is 0 Å². The van der Waals surface area contributed by atoms with Crippen LogP contribution in [0.5, 0.6) is 5.75 Å². The Balaban J connectivity index is 2.33. The summed E-state index contributed by atoms with van der Waals surface area (Å²) in [5.74, 6) is -0.272. The number of nitrogens with zero attached hydrogens (tertiary/aromatic N) is 1. The summed E-state index contributed by atoms with van der Waals surface area (Å²) in [5.41, 5.74) is 0.718. The molecule has 1 unspecified atom stereocenters. The van der Waals surface area contributed by atoms with Gasteiger partial charge < -0.3 is 14.9 Å². The molecule has 2 N–H and O–H groups in total. The van der Waals surface area contributed by atoms with Crippen LogP contribution in [0.15, 0.2) is 24.3 Å². The minimum Gasteiger partial charge on any atom is -0.497 e. The third-order valence-electron chi connectivity index (χ3n) is 2.89. The first-order chi connectivity index (χ1) is 9.04. The minimum atomic E-state index is -1.23. The average molecular weight is 283 g/mol. The van der Waals surface area contributed by atoms with E-state index in [2.05, 4.69) is 0 Å². The Hall–Kier alpha value is -1.89. The van der Waals surface area contributed by atoms with Gasteiger partial charge in [-0.15, -0.1) is 11.8 Å². The maximum Gasteiger partial charge on any atom is 0.409 e. The molecular formula is C12H13NO5S. The van der Waals surface area contributed by atoms with Crippen molar-refractivity contribution in [1.82, 2.24) is 4.90 Å². The first-order valence-corrected chi connectivity index (χ1v) is 6.59. The molecule has 1 aromatic rings. The third-order valence-corrected chi connectivity index (χ3v) is 4.21. The summed E-state index contributed by atoms with van der Waals surface area (Å²) in [6, 6.07) is 5.97. The molecule has 7 heteroatoms. The van der Waals surface area contributed by atoms with Crippen LogP contribution in [-0.2, 0) is 4.79 Å². The van der Waals surface area contributed by atoms with Crippen LogP contribution in [-0.4, -0.2) is 46.1 Å². The van der Waals surface area contributed by atoms with E-state index in [-0.39, 0.29) is 5.75 Å². The van der Waals surface area contributed by atoms with Gasteiger partial charge in [-0.3, -0.25) is 4.90 Å². The molecule has 0 radical (unpaired) electrons. The average Bonchev–Trinajstić information content (AvgIpc) is 2.83. The lowest BCUT2D eigenvalue weighted by molar-refractivity contribution is -0.141. The second-order valence-corrected chi connectivity index (χ2v) is 5.12. The summed E-state index contributed by atoms with van der Waals surface area (Å²) in [6.45, 7) is 0. The molecule has 1 aliphatic heterocycles. The highest BCUT2D eigenvalue weighted by Crippen LogP contribution is 2.42. The zero-order chi connectivity index (χ0) is 14.0. The van der Waals surface area contributed by atoms with Crippen LogP contribution in [0.25, 0.3) is 0 Å². The van der Waals surface area contributed by atoms with Crippen LogP contribution < -0.4 is 4.74 Å². The fourth-order valence-corrected chi connectivity index (χ4v) is 3.39. The largest absolute Gasteiger partial charge is 0.497 e. The molecule has 1 saturated heterocycles. The Morgan fingerprint density at radius 1 is 1.42 bits per heavy atom. The third kappa shape index (κ3) is 2.60.